The van der Waals surface area contributed by atoms with Crippen LogP contribution < -0.4 is 15.2 Å². The number of fused-ring (bicyclic) bond motifs is 1. The predicted octanol–water partition coefficient (Wildman–Crippen LogP) is 2.40. The summed E-state index contributed by atoms with van der Waals surface area (Å²) in [4.78, 5) is 24.8. The van der Waals surface area contributed by atoms with Gasteiger partial charge in [0.05, 0.1) is 0 Å². The SMILES string of the molecule is NCCc1ccccc1OC(=O)C1Oc2cc(CCl)ccc2CC1=O. The standard InChI is InChI=1S/C19H18ClNO4/c20-11-12-5-6-14-10-15(22)18(24-17(14)9-12)19(23)25-16-4-2-1-3-13(16)7-8-21/h1-6,9,18H,7-8,10-11,21H2. The van der Waals surface area contributed by atoms with E-state index in [1.165, 1.54) is 0 Å². The summed E-state index contributed by atoms with van der Waals surface area (Å²) < 4.78 is 11.0. The van der Waals surface area contributed by atoms with Gasteiger partial charge in [0.2, 0.25) is 0 Å². The third-order valence-corrected chi connectivity index (χ3v) is 4.31. The van der Waals surface area contributed by atoms with Crippen molar-refractivity contribution in [3.63, 3.8) is 0 Å². The Morgan fingerprint density at radius 1 is 1.28 bits per heavy atom. The number of para-hydroxylation sites is 1. The lowest BCUT2D eigenvalue weighted by Crippen LogP contribution is -2.42. The zero-order chi connectivity index (χ0) is 17.8. The van der Waals surface area contributed by atoms with E-state index in [4.69, 9.17) is 26.8 Å². The minimum absolute atomic E-state index is 0.127. The fourth-order valence-electron chi connectivity index (χ4n) is 2.72. The van der Waals surface area contributed by atoms with Gasteiger partial charge in [-0.05, 0) is 36.2 Å². The molecule has 0 radical (unpaired) electrons. The van der Waals surface area contributed by atoms with Crippen molar-refractivity contribution in [3.8, 4) is 11.5 Å². The molecule has 0 amide bonds. The molecule has 0 spiro atoms. The molecule has 1 aliphatic rings. The smallest absolute Gasteiger partial charge is 0.360 e. The molecule has 6 heteroatoms. The van der Waals surface area contributed by atoms with Gasteiger partial charge in [0.1, 0.15) is 11.5 Å². The lowest BCUT2D eigenvalue weighted by Gasteiger charge is -2.24. The van der Waals surface area contributed by atoms with Crippen molar-refractivity contribution in [1.82, 2.24) is 0 Å². The van der Waals surface area contributed by atoms with Crippen molar-refractivity contribution in [2.45, 2.75) is 24.8 Å². The van der Waals surface area contributed by atoms with Crippen molar-refractivity contribution in [2.24, 2.45) is 5.73 Å². The Kier molecular flexibility index (Phi) is 5.36. The van der Waals surface area contributed by atoms with Crippen LogP contribution in [-0.2, 0) is 28.3 Å². The lowest BCUT2D eigenvalue weighted by atomic mass is 9.99. The van der Waals surface area contributed by atoms with Crippen LogP contribution >= 0.6 is 11.6 Å². The minimum Gasteiger partial charge on any atom is -0.470 e. The predicted molar refractivity (Wildman–Crippen MR) is 94.0 cm³/mol. The number of halogens is 1. The first kappa shape index (κ1) is 17.5. The maximum absolute atomic E-state index is 12.5. The molecule has 5 nitrogen and oxygen atoms in total. The molecule has 1 aliphatic heterocycles. The van der Waals surface area contributed by atoms with Crippen molar-refractivity contribution in [2.75, 3.05) is 6.54 Å². The van der Waals surface area contributed by atoms with Gasteiger partial charge in [-0.15, -0.1) is 11.6 Å². The van der Waals surface area contributed by atoms with E-state index in [1.807, 2.05) is 18.2 Å². The molecule has 0 aromatic heterocycles. The number of alkyl halides is 1. The third kappa shape index (κ3) is 3.83. The fraction of sp³-hybridized carbons (Fsp3) is 0.263. The second-order valence-corrected chi connectivity index (χ2v) is 6.05. The summed E-state index contributed by atoms with van der Waals surface area (Å²) >= 11 is 5.83. The average Bonchev–Trinajstić information content (AvgIpc) is 2.62. The van der Waals surface area contributed by atoms with Crippen LogP contribution in [-0.4, -0.2) is 24.4 Å². The van der Waals surface area contributed by atoms with E-state index >= 15 is 0 Å². The molecular weight excluding hydrogens is 342 g/mol. The normalized spacial score (nSPS) is 16.1. The maximum atomic E-state index is 12.5. The molecule has 1 unspecified atom stereocenters. The number of hydrogen-bond donors (Lipinski definition) is 1. The molecule has 2 aromatic rings. The Morgan fingerprint density at radius 3 is 2.84 bits per heavy atom. The van der Waals surface area contributed by atoms with Crippen molar-refractivity contribution in [3.05, 3.63) is 59.2 Å². The molecule has 0 aliphatic carbocycles. The zero-order valence-corrected chi connectivity index (χ0v) is 14.3. The highest BCUT2D eigenvalue weighted by atomic mass is 35.5. The number of rotatable bonds is 5. The Labute approximate surface area is 150 Å². The summed E-state index contributed by atoms with van der Waals surface area (Å²) in [5, 5.41) is 0. The number of ketones is 1. The van der Waals surface area contributed by atoms with E-state index in [9.17, 15) is 9.59 Å². The van der Waals surface area contributed by atoms with Crippen molar-refractivity contribution in [1.29, 1.82) is 0 Å². The summed E-state index contributed by atoms with van der Waals surface area (Å²) in [7, 11) is 0. The second-order valence-electron chi connectivity index (χ2n) is 5.78. The number of esters is 1. The molecule has 0 bridgehead atoms. The highest BCUT2D eigenvalue weighted by molar-refractivity contribution is 6.17. The van der Waals surface area contributed by atoms with Gasteiger partial charge < -0.3 is 15.2 Å². The number of ether oxygens (including phenoxy) is 2. The van der Waals surface area contributed by atoms with Gasteiger partial charge in [-0.1, -0.05) is 30.3 Å². The summed E-state index contributed by atoms with van der Waals surface area (Å²) in [5.41, 5.74) is 7.99. The molecule has 0 saturated heterocycles. The monoisotopic (exact) mass is 359 g/mol. The Bertz CT molecular complexity index is 806. The van der Waals surface area contributed by atoms with Crippen LogP contribution in [0.5, 0.6) is 11.5 Å². The Balaban J connectivity index is 1.79. The molecule has 1 atom stereocenters. The highest BCUT2D eigenvalue weighted by Crippen LogP contribution is 2.29. The largest absolute Gasteiger partial charge is 0.470 e. The highest BCUT2D eigenvalue weighted by Gasteiger charge is 2.35. The van der Waals surface area contributed by atoms with Crippen LogP contribution in [0.3, 0.4) is 0 Å². The van der Waals surface area contributed by atoms with Crippen LogP contribution in [0.2, 0.25) is 0 Å². The van der Waals surface area contributed by atoms with Gasteiger partial charge in [-0.3, -0.25) is 4.79 Å². The number of nitrogens with two attached hydrogens (primary N) is 1. The van der Waals surface area contributed by atoms with Gasteiger partial charge in [-0.25, -0.2) is 4.79 Å². The second kappa shape index (κ2) is 7.68. The Morgan fingerprint density at radius 2 is 2.08 bits per heavy atom. The van der Waals surface area contributed by atoms with Crippen LogP contribution in [0.15, 0.2) is 42.5 Å². The number of benzene rings is 2. The summed E-state index contributed by atoms with van der Waals surface area (Å²) in [6, 6.07) is 12.5. The first-order chi connectivity index (χ1) is 12.1. The zero-order valence-electron chi connectivity index (χ0n) is 13.5. The molecule has 0 fully saturated rings. The van der Waals surface area contributed by atoms with Gasteiger partial charge in [0, 0.05) is 17.9 Å². The Hall–Kier alpha value is -2.37. The molecule has 3 rings (SSSR count). The molecule has 2 N–H and O–H groups in total. The van der Waals surface area contributed by atoms with Gasteiger partial charge >= 0.3 is 5.97 Å². The van der Waals surface area contributed by atoms with E-state index in [-0.39, 0.29) is 12.2 Å². The molecular formula is C19H18ClNO4. The van der Waals surface area contributed by atoms with Gasteiger partial charge in [0.25, 0.3) is 6.10 Å². The molecule has 2 aromatic carbocycles. The molecule has 1 heterocycles. The minimum atomic E-state index is -1.27. The van der Waals surface area contributed by atoms with Gasteiger partial charge in [-0.2, -0.15) is 0 Å². The number of carbonyl (C=O) groups excluding carboxylic acids is 2. The van der Waals surface area contributed by atoms with E-state index in [1.54, 1.807) is 24.3 Å². The summed E-state index contributed by atoms with van der Waals surface area (Å²) in [5.74, 6) is 0.167. The quantitative estimate of drug-likeness (QED) is 0.384. The van der Waals surface area contributed by atoms with Crippen LogP contribution in [0.1, 0.15) is 16.7 Å². The van der Waals surface area contributed by atoms with Crippen LogP contribution in [0, 0.1) is 0 Å². The van der Waals surface area contributed by atoms with Gasteiger partial charge in [0.15, 0.2) is 5.78 Å². The fourth-order valence-corrected chi connectivity index (χ4v) is 2.88. The number of carbonyl (C=O) groups is 2. The van der Waals surface area contributed by atoms with E-state index in [2.05, 4.69) is 0 Å². The summed E-state index contributed by atoms with van der Waals surface area (Å²) in [6.45, 7) is 0.433. The first-order valence-electron chi connectivity index (χ1n) is 7.99. The van der Waals surface area contributed by atoms with E-state index < -0.39 is 12.1 Å². The topological polar surface area (TPSA) is 78.6 Å². The molecule has 25 heavy (non-hydrogen) atoms. The average molecular weight is 360 g/mol. The summed E-state index contributed by atoms with van der Waals surface area (Å²) in [6.07, 6.45) is -0.573. The maximum Gasteiger partial charge on any atom is 0.360 e. The number of Topliss-reactive ketones (excluding diaryl/α,β-unsaturated/α-hetero) is 1. The van der Waals surface area contributed by atoms with Crippen LogP contribution in [0.4, 0.5) is 0 Å². The molecule has 130 valence electrons. The number of hydrogen-bond acceptors (Lipinski definition) is 5. The van der Waals surface area contributed by atoms with Crippen molar-refractivity contribution >= 4 is 23.4 Å². The van der Waals surface area contributed by atoms with Crippen LogP contribution in [0.25, 0.3) is 0 Å². The van der Waals surface area contributed by atoms with E-state index in [0.717, 1.165) is 16.7 Å². The third-order valence-electron chi connectivity index (χ3n) is 4.00. The first-order valence-corrected chi connectivity index (χ1v) is 8.52. The molecule has 0 saturated carbocycles. The van der Waals surface area contributed by atoms with E-state index in [0.29, 0.717) is 30.3 Å². The lowest BCUT2D eigenvalue weighted by molar-refractivity contribution is -0.148. The van der Waals surface area contributed by atoms with Crippen molar-refractivity contribution < 1.29 is 19.1 Å².